The molecular weight excluding hydrogens is 190 g/mol. The third kappa shape index (κ3) is 7.37. The van der Waals surface area contributed by atoms with Gasteiger partial charge in [0.1, 0.15) is 0 Å². The maximum atomic E-state index is 10.6. The highest BCUT2D eigenvalue weighted by Gasteiger charge is 2.17. The Kier molecular flexibility index (Phi) is 6.57. The molecule has 0 bridgehead atoms. The largest absolute Gasteiger partial charge is 0.480 e. The SMILES string of the molecule is CCCN(CCC(C)(C)CC)CC(=O)O. The molecular formula is C12H25NO2. The third-order valence-electron chi connectivity index (χ3n) is 2.96. The predicted octanol–water partition coefficient (Wildman–Crippen LogP) is 2.61. The Morgan fingerprint density at radius 1 is 1.27 bits per heavy atom. The first-order chi connectivity index (χ1) is 6.91. The molecule has 3 nitrogen and oxygen atoms in total. The molecule has 0 aliphatic rings. The first kappa shape index (κ1) is 14.4. The average molecular weight is 215 g/mol. The molecule has 1 N–H and O–H groups in total. The topological polar surface area (TPSA) is 40.5 Å². The van der Waals surface area contributed by atoms with E-state index in [-0.39, 0.29) is 6.54 Å². The van der Waals surface area contributed by atoms with E-state index < -0.39 is 5.97 Å². The molecule has 15 heavy (non-hydrogen) atoms. The zero-order valence-electron chi connectivity index (χ0n) is 10.5. The summed E-state index contributed by atoms with van der Waals surface area (Å²) in [5.41, 5.74) is 0.324. The van der Waals surface area contributed by atoms with Crippen LogP contribution in [0.3, 0.4) is 0 Å². The second kappa shape index (κ2) is 6.83. The molecule has 0 aliphatic heterocycles. The summed E-state index contributed by atoms with van der Waals surface area (Å²) in [6.07, 6.45) is 3.22. The van der Waals surface area contributed by atoms with E-state index in [4.69, 9.17) is 5.11 Å². The lowest BCUT2D eigenvalue weighted by molar-refractivity contribution is -0.138. The minimum absolute atomic E-state index is 0.174. The molecule has 0 rings (SSSR count). The number of rotatable bonds is 8. The summed E-state index contributed by atoms with van der Waals surface area (Å²) in [6, 6.07) is 0. The highest BCUT2D eigenvalue weighted by atomic mass is 16.4. The van der Waals surface area contributed by atoms with Gasteiger partial charge < -0.3 is 5.11 Å². The zero-order valence-corrected chi connectivity index (χ0v) is 10.5. The van der Waals surface area contributed by atoms with Crippen LogP contribution in [-0.4, -0.2) is 35.6 Å². The Morgan fingerprint density at radius 3 is 2.27 bits per heavy atom. The number of carboxylic acid groups (broad SMARTS) is 1. The standard InChI is InChI=1S/C12H25NO2/c1-5-8-13(10-11(14)15)9-7-12(3,4)6-2/h5-10H2,1-4H3,(H,14,15). The summed E-state index contributed by atoms with van der Waals surface area (Å²) < 4.78 is 0. The summed E-state index contributed by atoms with van der Waals surface area (Å²) in [7, 11) is 0. The summed E-state index contributed by atoms with van der Waals surface area (Å²) >= 11 is 0. The Balaban J connectivity index is 4.00. The fraction of sp³-hybridized carbons (Fsp3) is 0.917. The van der Waals surface area contributed by atoms with Gasteiger partial charge in [-0.1, -0.05) is 34.1 Å². The van der Waals surface area contributed by atoms with E-state index in [1.807, 2.05) is 4.90 Å². The molecule has 0 unspecified atom stereocenters. The first-order valence-corrected chi connectivity index (χ1v) is 5.85. The Bertz CT molecular complexity index is 190. The lowest BCUT2D eigenvalue weighted by Gasteiger charge is -2.27. The van der Waals surface area contributed by atoms with Gasteiger partial charge >= 0.3 is 5.97 Å². The van der Waals surface area contributed by atoms with Gasteiger partial charge in [0.25, 0.3) is 0 Å². The van der Waals surface area contributed by atoms with Crippen LogP contribution in [0, 0.1) is 5.41 Å². The molecule has 0 saturated carbocycles. The van der Waals surface area contributed by atoms with Gasteiger partial charge in [-0.2, -0.15) is 0 Å². The van der Waals surface area contributed by atoms with E-state index in [1.165, 1.54) is 0 Å². The smallest absolute Gasteiger partial charge is 0.317 e. The van der Waals surface area contributed by atoms with Crippen molar-refractivity contribution in [2.45, 2.75) is 47.0 Å². The lowest BCUT2D eigenvalue weighted by Crippen LogP contribution is -2.33. The first-order valence-electron chi connectivity index (χ1n) is 5.85. The molecule has 90 valence electrons. The predicted molar refractivity (Wildman–Crippen MR) is 63.1 cm³/mol. The van der Waals surface area contributed by atoms with Crippen molar-refractivity contribution >= 4 is 5.97 Å². The van der Waals surface area contributed by atoms with Gasteiger partial charge in [-0.15, -0.1) is 0 Å². The summed E-state index contributed by atoms with van der Waals surface area (Å²) in [5.74, 6) is -0.724. The van der Waals surface area contributed by atoms with E-state index in [0.29, 0.717) is 5.41 Å². The van der Waals surface area contributed by atoms with Gasteiger partial charge in [0.05, 0.1) is 6.54 Å². The number of hydrogen-bond acceptors (Lipinski definition) is 2. The lowest BCUT2D eigenvalue weighted by atomic mass is 9.86. The van der Waals surface area contributed by atoms with E-state index in [0.717, 1.165) is 32.4 Å². The van der Waals surface area contributed by atoms with Crippen molar-refractivity contribution in [1.82, 2.24) is 4.90 Å². The van der Waals surface area contributed by atoms with E-state index in [9.17, 15) is 4.79 Å². The Morgan fingerprint density at radius 2 is 1.87 bits per heavy atom. The zero-order chi connectivity index (χ0) is 11.9. The fourth-order valence-electron chi connectivity index (χ4n) is 1.41. The van der Waals surface area contributed by atoms with E-state index in [2.05, 4.69) is 27.7 Å². The van der Waals surface area contributed by atoms with Gasteiger partial charge in [-0.05, 0) is 31.3 Å². The van der Waals surface area contributed by atoms with Crippen molar-refractivity contribution in [3.8, 4) is 0 Å². The average Bonchev–Trinajstić information content (AvgIpc) is 2.14. The molecule has 0 atom stereocenters. The van der Waals surface area contributed by atoms with E-state index in [1.54, 1.807) is 0 Å². The Hall–Kier alpha value is -0.570. The molecule has 0 saturated heterocycles. The van der Waals surface area contributed by atoms with Crippen molar-refractivity contribution in [3.63, 3.8) is 0 Å². The van der Waals surface area contributed by atoms with Gasteiger partial charge in [0.2, 0.25) is 0 Å². The number of aliphatic carboxylic acids is 1. The van der Waals surface area contributed by atoms with Crippen LogP contribution in [0.5, 0.6) is 0 Å². The third-order valence-corrected chi connectivity index (χ3v) is 2.96. The van der Waals surface area contributed by atoms with Gasteiger partial charge in [-0.25, -0.2) is 0 Å². The van der Waals surface area contributed by atoms with Gasteiger partial charge in [0.15, 0.2) is 0 Å². The molecule has 0 spiro atoms. The van der Waals surface area contributed by atoms with Crippen LogP contribution < -0.4 is 0 Å². The molecule has 3 heteroatoms. The molecule has 0 radical (unpaired) electrons. The summed E-state index contributed by atoms with van der Waals surface area (Å²) in [6.45, 7) is 10.7. The van der Waals surface area contributed by atoms with Crippen LogP contribution in [0.2, 0.25) is 0 Å². The van der Waals surface area contributed by atoms with Crippen LogP contribution in [0.15, 0.2) is 0 Å². The summed E-state index contributed by atoms with van der Waals surface area (Å²) in [4.78, 5) is 12.7. The minimum Gasteiger partial charge on any atom is -0.480 e. The Labute approximate surface area is 93.5 Å². The quantitative estimate of drug-likeness (QED) is 0.676. The van der Waals surface area contributed by atoms with Crippen LogP contribution in [0.1, 0.15) is 47.0 Å². The van der Waals surface area contributed by atoms with Crippen LogP contribution in [0.25, 0.3) is 0 Å². The molecule has 0 aliphatic carbocycles. The van der Waals surface area contributed by atoms with Crippen molar-refractivity contribution in [2.24, 2.45) is 5.41 Å². The molecule has 0 fully saturated rings. The number of nitrogens with zero attached hydrogens (tertiary/aromatic N) is 1. The monoisotopic (exact) mass is 215 g/mol. The highest BCUT2D eigenvalue weighted by molar-refractivity contribution is 5.69. The summed E-state index contributed by atoms with van der Waals surface area (Å²) in [5, 5.41) is 8.76. The second-order valence-electron chi connectivity index (χ2n) is 4.94. The van der Waals surface area contributed by atoms with Crippen LogP contribution in [0.4, 0.5) is 0 Å². The van der Waals surface area contributed by atoms with Gasteiger partial charge in [0, 0.05) is 0 Å². The van der Waals surface area contributed by atoms with Crippen LogP contribution in [-0.2, 0) is 4.79 Å². The highest BCUT2D eigenvalue weighted by Crippen LogP contribution is 2.24. The number of carbonyl (C=O) groups is 1. The molecule has 0 aromatic rings. The molecule has 0 heterocycles. The fourth-order valence-corrected chi connectivity index (χ4v) is 1.41. The molecule has 0 aromatic heterocycles. The van der Waals surface area contributed by atoms with Crippen LogP contribution >= 0.6 is 0 Å². The molecule has 0 aromatic carbocycles. The molecule has 0 amide bonds. The normalized spacial score (nSPS) is 12.1. The second-order valence-corrected chi connectivity index (χ2v) is 4.94. The van der Waals surface area contributed by atoms with Crippen molar-refractivity contribution in [1.29, 1.82) is 0 Å². The number of carboxylic acids is 1. The maximum Gasteiger partial charge on any atom is 0.317 e. The van der Waals surface area contributed by atoms with Crippen molar-refractivity contribution in [3.05, 3.63) is 0 Å². The maximum absolute atomic E-state index is 10.6. The van der Waals surface area contributed by atoms with Crippen molar-refractivity contribution < 1.29 is 9.90 Å². The minimum atomic E-state index is -0.724. The number of hydrogen-bond donors (Lipinski definition) is 1. The van der Waals surface area contributed by atoms with Crippen molar-refractivity contribution in [2.75, 3.05) is 19.6 Å². The van der Waals surface area contributed by atoms with E-state index >= 15 is 0 Å². The van der Waals surface area contributed by atoms with Gasteiger partial charge in [-0.3, -0.25) is 9.69 Å².